The van der Waals surface area contributed by atoms with Gasteiger partial charge in [0.25, 0.3) is 5.91 Å². The van der Waals surface area contributed by atoms with Gasteiger partial charge in [0.05, 0.1) is 10.0 Å². The summed E-state index contributed by atoms with van der Waals surface area (Å²) in [6.45, 7) is 0.0743. The zero-order valence-corrected chi connectivity index (χ0v) is 18.9. The van der Waals surface area contributed by atoms with E-state index in [2.05, 4.69) is 21.2 Å². The molecule has 8 heteroatoms. The Bertz CT molecular complexity index is 1190. The van der Waals surface area contributed by atoms with E-state index in [9.17, 15) is 14.4 Å². The van der Waals surface area contributed by atoms with Gasteiger partial charge in [0.15, 0.2) is 5.75 Å². The smallest absolute Gasteiger partial charge is 0.266 e. The molecule has 0 unspecified atom stereocenters. The summed E-state index contributed by atoms with van der Waals surface area (Å²) in [5, 5.41) is 12.5. The maximum atomic E-state index is 13.3. The first-order valence-electron chi connectivity index (χ1n) is 8.90. The van der Waals surface area contributed by atoms with Gasteiger partial charge in [-0.25, -0.2) is 4.39 Å². The summed E-state index contributed by atoms with van der Waals surface area (Å²) < 4.78 is 19.7. The number of ether oxygens (including phenoxy) is 1. The standard InChI is InChI=1S/C23H14BrCl2FN2O2/c24-17-4-2-6-19(11-17)29-23(30)16(12-28)7-15-9-20(25)22(21(26)10-15)31-13-14-3-1-5-18(27)8-14/h1-11H,13H2,(H,29,30)/b16-7-. The molecular formula is C23H14BrCl2FN2O2. The number of halogens is 4. The van der Waals surface area contributed by atoms with E-state index in [1.807, 2.05) is 12.1 Å². The van der Waals surface area contributed by atoms with Gasteiger partial charge in [0, 0.05) is 10.2 Å². The fourth-order valence-corrected chi connectivity index (χ4v) is 3.68. The van der Waals surface area contributed by atoms with Crippen molar-refractivity contribution in [3.63, 3.8) is 0 Å². The number of rotatable bonds is 6. The Morgan fingerprint density at radius 2 is 1.84 bits per heavy atom. The van der Waals surface area contributed by atoms with Crippen molar-refractivity contribution in [1.82, 2.24) is 0 Å². The molecule has 3 aromatic rings. The van der Waals surface area contributed by atoms with Crippen molar-refractivity contribution < 1.29 is 13.9 Å². The monoisotopic (exact) mass is 518 g/mol. The SMILES string of the molecule is N#C/C(=C/c1cc(Cl)c(OCc2cccc(F)c2)c(Cl)c1)C(=O)Nc1cccc(Br)c1. The molecule has 0 atom stereocenters. The van der Waals surface area contributed by atoms with Crippen LogP contribution in [0.25, 0.3) is 6.08 Å². The van der Waals surface area contributed by atoms with Gasteiger partial charge in [-0.15, -0.1) is 0 Å². The third-order valence-electron chi connectivity index (χ3n) is 4.05. The second-order valence-corrected chi connectivity index (χ2v) is 8.10. The molecule has 3 aromatic carbocycles. The lowest BCUT2D eigenvalue weighted by Crippen LogP contribution is -2.13. The minimum Gasteiger partial charge on any atom is -0.486 e. The van der Waals surface area contributed by atoms with Gasteiger partial charge in [-0.1, -0.05) is 57.3 Å². The average Bonchev–Trinajstić information content (AvgIpc) is 2.71. The molecule has 0 aliphatic carbocycles. The van der Waals surface area contributed by atoms with Crippen molar-refractivity contribution >= 4 is 56.8 Å². The highest BCUT2D eigenvalue weighted by molar-refractivity contribution is 9.10. The molecule has 0 fully saturated rings. The first kappa shape index (κ1) is 22.8. The van der Waals surface area contributed by atoms with Gasteiger partial charge in [-0.05, 0) is 59.7 Å². The zero-order chi connectivity index (χ0) is 22.4. The molecule has 0 heterocycles. The summed E-state index contributed by atoms with van der Waals surface area (Å²) >= 11 is 15.9. The van der Waals surface area contributed by atoms with Crippen LogP contribution in [0.4, 0.5) is 10.1 Å². The molecule has 0 aliphatic rings. The molecule has 0 saturated heterocycles. The predicted octanol–water partition coefficient (Wildman–Crippen LogP) is 7.02. The quantitative estimate of drug-likeness (QED) is 0.281. The van der Waals surface area contributed by atoms with Crippen LogP contribution in [0.5, 0.6) is 5.75 Å². The largest absolute Gasteiger partial charge is 0.486 e. The molecule has 4 nitrogen and oxygen atoms in total. The van der Waals surface area contributed by atoms with Crippen molar-refractivity contribution in [2.45, 2.75) is 6.61 Å². The summed E-state index contributed by atoms with van der Waals surface area (Å²) in [6.07, 6.45) is 1.38. The minimum atomic E-state index is -0.570. The Kier molecular flexibility index (Phi) is 7.69. The number of nitriles is 1. The molecule has 0 aliphatic heterocycles. The summed E-state index contributed by atoms with van der Waals surface area (Å²) in [4.78, 5) is 12.4. The van der Waals surface area contributed by atoms with Crippen LogP contribution in [0.3, 0.4) is 0 Å². The first-order chi connectivity index (χ1) is 14.9. The van der Waals surface area contributed by atoms with Gasteiger partial charge in [-0.2, -0.15) is 5.26 Å². The van der Waals surface area contributed by atoms with E-state index < -0.39 is 5.91 Å². The van der Waals surface area contributed by atoms with Gasteiger partial charge in [0.2, 0.25) is 0 Å². The molecule has 156 valence electrons. The lowest BCUT2D eigenvalue weighted by atomic mass is 10.1. The molecule has 0 saturated carbocycles. The van der Waals surface area contributed by atoms with E-state index >= 15 is 0 Å². The van der Waals surface area contributed by atoms with Crippen molar-refractivity contribution in [1.29, 1.82) is 5.26 Å². The van der Waals surface area contributed by atoms with Gasteiger partial charge in [0.1, 0.15) is 24.1 Å². The molecule has 1 amide bonds. The normalized spacial score (nSPS) is 11.0. The van der Waals surface area contributed by atoms with E-state index in [1.54, 1.807) is 30.3 Å². The van der Waals surface area contributed by atoms with Crippen LogP contribution in [0, 0.1) is 17.1 Å². The highest BCUT2D eigenvalue weighted by Gasteiger charge is 2.13. The van der Waals surface area contributed by atoms with Crippen LogP contribution in [-0.2, 0) is 11.4 Å². The van der Waals surface area contributed by atoms with Crippen LogP contribution < -0.4 is 10.1 Å². The number of anilines is 1. The summed E-state index contributed by atoms with van der Waals surface area (Å²) in [6, 6.07) is 17.9. The number of hydrogen-bond acceptors (Lipinski definition) is 3. The lowest BCUT2D eigenvalue weighted by molar-refractivity contribution is -0.112. The third kappa shape index (κ3) is 6.31. The van der Waals surface area contributed by atoms with Crippen molar-refractivity contribution in [3.05, 3.63) is 97.7 Å². The molecule has 0 radical (unpaired) electrons. The van der Waals surface area contributed by atoms with Crippen LogP contribution in [0.2, 0.25) is 10.0 Å². The molecule has 0 bridgehead atoms. The summed E-state index contributed by atoms with van der Waals surface area (Å²) in [5.74, 6) is -0.718. The number of amides is 1. The number of hydrogen-bond donors (Lipinski definition) is 1. The van der Waals surface area contributed by atoms with Crippen molar-refractivity contribution in [3.8, 4) is 11.8 Å². The van der Waals surface area contributed by atoms with E-state index in [0.717, 1.165) is 4.47 Å². The van der Waals surface area contributed by atoms with E-state index in [0.29, 0.717) is 16.8 Å². The zero-order valence-electron chi connectivity index (χ0n) is 15.8. The number of carbonyl (C=O) groups excluding carboxylic acids is 1. The Hall–Kier alpha value is -2.85. The maximum Gasteiger partial charge on any atom is 0.266 e. The fourth-order valence-electron chi connectivity index (χ4n) is 2.66. The van der Waals surface area contributed by atoms with E-state index in [4.69, 9.17) is 27.9 Å². The average molecular weight is 520 g/mol. The first-order valence-corrected chi connectivity index (χ1v) is 10.5. The Morgan fingerprint density at radius 3 is 2.48 bits per heavy atom. The Morgan fingerprint density at radius 1 is 1.13 bits per heavy atom. The van der Waals surface area contributed by atoms with Crippen LogP contribution in [0.1, 0.15) is 11.1 Å². The lowest BCUT2D eigenvalue weighted by Gasteiger charge is -2.11. The van der Waals surface area contributed by atoms with Crippen LogP contribution in [-0.4, -0.2) is 5.91 Å². The highest BCUT2D eigenvalue weighted by Crippen LogP contribution is 2.35. The molecule has 1 N–H and O–H groups in total. The van der Waals surface area contributed by atoms with Gasteiger partial charge >= 0.3 is 0 Å². The number of carbonyl (C=O) groups is 1. The van der Waals surface area contributed by atoms with Gasteiger partial charge in [-0.3, -0.25) is 4.79 Å². The minimum absolute atomic E-state index is 0.0743. The second-order valence-electron chi connectivity index (χ2n) is 6.37. The Balaban J connectivity index is 1.77. The fraction of sp³-hybridized carbons (Fsp3) is 0.0435. The summed E-state index contributed by atoms with van der Waals surface area (Å²) in [7, 11) is 0. The molecule has 3 rings (SSSR count). The number of nitrogens with zero attached hydrogens (tertiary/aromatic N) is 1. The third-order valence-corrected chi connectivity index (χ3v) is 5.11. The molecule has 0 spiro atoms. The summed E-state index contributed by atoms with van der Waals surface area (Å²) in [5.41, 5.74) is 1.49. The topological polar surface area (TPSA) is 62.1 Å². The molecular weight excluding hydrogens is 506 g/mol. The molecule has 31 heavy (non-hydrogen) atoms. The van der Waals surface area contributed by atoms with Gasteiger partial charge < -0.3 is 10.1 Å². The molecule has 0 aromatic heterocycles. The second kappa shape index (κ2) is 10.5. The van der Waals surface area contributed by atoms with E-state index in [-0.39, 0.29) is 33.8 Å². The highest BCUT2D eigenvalue weighted by atomic mass is 79.9. The Labute approximate surface area is 197 Å². The van der Waals surface area contributed by atoms with E-state index in [1.165, 1.54) is 30.3 Å². The maximum absolute atomic E-state index is 13.3. The van der Waals surface area contributed by atoms with Crippen LogP contribution >= 0.6 is 39.1 Å². The van der Waals surface area contributed by atoms with Crippen molar-refractivity contribution in [2.75, 3.05) is 5.32 Å². The van der Waals surface area contributed by atoms with Crippen LogP contribution in [0.15, 0.2) is 70.7 Å². The predicted molar refractivity (Wildman–Crippen MR) is 124 cm³/mol. The van der Waals surface area contributed by atoms with Crippen molar-refractivity contribution in [2.24, 2.45) is 0 Å². The number of benzene rings is 3. The number of nitrogens with one attached hydrogen (secondary N) is 1.